The maximum absolute atomic E-state index is 11.7. The maximum atomic E-state index is 11.7. The van der Waals surface area contributed by atoms with Crippen LogP contribution in [0.2, 0.25) is 0 Å². The molecular weight excluding hydrogens is 350 g/mol. The van der Waals surface area contributed by atoms with E-state index < -0.39 is 18.6 Å². The molecular formula is C18H17NaO3PS+. The molecule has 1 unspecified atom stereocenters. The summed E-state index contributed by atoms with van der Waals surface area (Å²) in [7, 11) is -5.04. The SMILES string of the molecule is O=[P+](O)OS(c1ccccc1)(c1ccccc1)c1ccccc1.[H-].[Na+]. The minimum Gasteiger partial charge on any atom is -1.00 e. The molecule has 0 aliphatic rings. The van der Waals surface area contributed by atoms with Crippen LogP contribution >= 0.6 is 18.6 Å². The van der Waals surface area contributed by atoms with E-state index >= 15 is 0 Å². The summed E-state index contributed by atoms with van der Waals surface area (Å²) in [6.07, 6.45) is 0. The zero-order chi connectivity index (χ0) is 16.1. The molecule has 0 radical (unpaired) electrons. The first-order chi connectivity index (χ1) is 11.2. The van der Waals surface area contributed by atoms with Gasteiger partial charge in [0.15, 0.2) is 0 Å². The summed E-state index contributed by atoms with van der Waals surface area (Å²) in [5.41, 5.74) is 0. The van der Waals surface area contributed by atoms with Gasteiger partial charge in [-0.05, 0) is 36.4 Å². The Morgan fingerprint density at radius 2 is 1.00 bits per heavy atom. The van der Waals surface area contributed by atoms with Crippen LogP contribution in [0.5, 0.6) is 0 Å². The fourth-order valence-electron chi connectivity index (χ4n) is 2.47. The Morgan fingerprint density at radius 3 is 1.25 bits per heavy atom. The standard InChI is InChI=1S/C18H15O3PS.Na.H/c19-22(20)21-23(16-10-4-1-5-11-16,17-12-6-2-7-13-17)18-14-8-3-9-15-18;;/h1-15H;;/q;+1;-1/p+1. The minimum atomic E-state index is -2.77. The molecule has 118 valence electrons. The van der Waals surface area contributed by atoms with Crippen LogP contribution in [0.3, 0.4) is 0 Å². The summed E-state index contributed by atoms with van der Waals surface area (Å²) >= 11 is 0. The van der Waals surface area contributed by atoms with E-state index in [1.165, 1.54) is 0 Å². The van der Waals surface area contributed by atoms with Crippen molar-refractivity contribution < 1.29 is 44.4 Å². The van der Waals surface area contributed by atoms with Crippen molar-refractivity contribution in [1.82, 2.24) is 0 Å². The number of rotatable bonds is 5. The molecule has 1 N–H and O–H groups in total. The van der Waals surface area contributed by atoms with Gasteiger partial charge in [-0.3, -0.25) is 0 Å². The van der Waals surface area contributed by atoms with Gasteiger partial charge in [0.25, 0.3) is 0 Å². The van der Waals surface area contributed by atoms with Crippen LogP contribution in [0.25, 0.3) is 0 Å². The number of hydrogen-bond donors (Lipinski definition) is 1. The largest absolute Gasteiger partial charge is 1.00 e. The molecule has 0 aliphatic heterocycles. The maximum Gasteiger partial charge on any atom is 1.00 e. The Kier molecular flexibility index (Phi) is 7.20. The summed E-state index contributed by atoms with van der Waals surface area (Å²) < 4.78 is 17.4. The van der Waals surface area contributed by atoms with Gasteiger partial charge >= 0.3 is 37.8 Å². The third kappa shape index (κ3) is 3.98. The van der Waals surface area contributed by atoms with E-state index in [9.17, 15) is 9.46 Å². The molecule has 0 aliphatic carbocycles. The van der Waals surface area contributed by atoms with Gasteiger partial charge in [0.1, 0.15) is 0 Å². The van der Waals surface area contributed by atoms with Crippen LogP contribution in [-0.2, 0) is 8.54 Å². The first-order valence-electron chi connectivity index (χ1n) is 7.08. The van der Waals surface area contributed by atoms with E-state index in [1.54, 1.807) is 0 Å². The van der Waals surface area contributed by atoms with Crippen LogP contribution in [0.1, 0.15) is 1.43 Å². The summed E-state index contributed by atoms with van der Waals surface area (Å²) in [5, 5.41) is 0. The van der Waals surface area contributed by atoms with Gasteiger partial charge in [0, 0.05) is 29.6 Å². The molecule has 1 atom stereocenters. The molecule has 6 heteroatoms. The average Bonchev–Trinajstić information content (AvgIpc) is 2.62. The normalized spacial score (nSPS) is 12.1. The van der Waals surface area contributed by atoms with Crippen molar-refractivity contribution in [1.29, 1.82) is 0 Å². The van der Waals surface area contributed by atoms with Crippen molar-refractivity contribution >= 4 is 18.6 Å². The van der Waals surface area contributed by atoms with E-state index in [0.29, 0.717) is 0 Å². The van der Waals surface area contributed by atoms with Gasteiger partial charge < -0.3 is 1.43 Å². The second-order valence-corrected chi connectivity index (χ2v) is 8.41. The molecule has 3 rings (SSSR count). The fourth-order valence-corrected chi connectivity index (χ4v) is 6.71. The molecule has 0 bridgehead atoms. The second kappa shape index (κ2) is 8.93. The molecule has 24 heavy (non-hydrogen) atoms. The van der Waals surface area contributed by atoms with Gasteiger partial charge in [-0.15, -0.1) is 4.89 Å². The summed E-state index contributed by atoms with van der Waals surface area (Å²) in [4.78, 5) is 12.2. The van der Waals surface area contributed by atoms with E-state index in [0.717, 1.165) is 14.7 Å². The van der Waals surface area contributed by atoms with Crippen LogP contribution in [0.4, 0.5) is 0 Å². The van der Waals surface area contributed by atoms with E-state index in [-0.39, 0.29) is 31.0 Å². The van der Waals surface area contributed by atoms with Gasteiger partial charge in [0.05, 0.1) is 0 Å². The van der Waals surface area contributed by atoms with Gasteiger partial charge in [-0.2, -0.15) is 0 Å². The quantitative estimate of drug-likeness (QED) is 0.557. The summed E-state index contributed by atoms with van der Waals surface area (Å²) in [6, 6.07) is 28.9. The van der Waals surface area contributed by atoms with E-state index in [2.05, 4.69) is 0 Å². The molecule has 0 heterocycles. The first-order valence-corrected chi connectivity index (χ1v) is 9.76. The van der Waals surface area contributed by atoms with E-state index in [4.69, 9.17) is 3.97 Å². The van der Waals surface area contributed by atoms with Crippen molar-refractivity contribution in [2.75, 3.05) is 0 Å². The van der Waals surface area contributed by atoms with Crippen molar-refractivity contribution in [3.8, 4) is 0 Å². The minimum absolute atomic E-state index is 0. The topological polar surface area (TPSA) is 46.5 Å². The Balaban J connectivity index is 0.00000156. The summed E-state index contributed by atoms with van der Waals surface area (Å²) in [5.74, 6) is 0. The molecule has 0 amide bonds. The van der Waals surface area contributed by atoms with Crippen LogP contribution in [-0.4, -0.2) is 4.89 Å². The zero-order valence-corrected chi connectivity index (χ0v) is 17.0. The molecule has 0 saturated heterocycles. The van der Waals surface area contributed by atoms with Crippen molar-refractivity contribution in [3.63, 3.8) is 0 Å². The van der Waals surface area contributed by atoms with Crippen molar-refractivity contribution in [2.24, 2.45) is 0 Å². The van der Waals surface area contributed by atoms with Crippen molar-refractivity contribution in [2.45, 2.75) is 14.7 Å². The fraction of sp³-hybridized carbons (Fsp3) is 0. The molecule has 0 aromatic heterocycles. The molecule has 0 fully saturated rings. The van der Waals surface area contributed by atoms with Gasteiger partial charge in [-0.1, -0.05) is 58.6 Å². The third-order valence-electron chi connectivity index (χ3n) is 3.40. The third-order valence-corrected chi connectivity index (χ3v) is 7.61. The molecule has 3 nitrogen and oxygen atoms in total. The molecule has 0 spiro atoms. The molecule has 3 aromatic rings. The van der Waals surface area contributed by atoms with Crippen LogP contribution in [0, 0.1) is 0 Å². The predicted molar refractivity (Wildman–Crippen MR) is 93.7 cm³/mol. The first kappa shape index (κ1) is 19.4. The van der Waals surface area contributed by atoms with E-state index in [1.807, 2.05) is 91.0 Å². The Bertz CT molecular complexity index is 695. The summed E-state index contributed by atoms with van der Waals surface area (Å²) in [6.45, 7) is 0. The molecule has 0 saturated carbocycles. The van der Waals surface area contributed by atoms with Gasteiger partial charge in [-0.25, -0.2) is 0 Å². The van der Waals surface area contributed by atoms with Gasteiger partial charge in [0.2, 0.25) is 0 Å². The average molecular weight is 367 g/mol. The number of hydrogen-bond acceptors (Lipinski definition) is 2. The molecule has 3 aromatic carbocycles. The monoisotopic (exact) mass is 367 g/mol. The van der Waals surface area contributed by atoms with Crippen LogP contribution in [0.15, 0.2) is 106 Å². The zero-order valence-electron chi connectivity index (χ0n) is 14.3. The Labute approximate surface area is 167 Å². The second-order valence-electron chi connectivity index (χ2n) is 4.81. The Morgan fingerprint density at radius 1 is 0.708 bits per heavy atom. The van der Waals surface area contributed by atoms with Crippen molar-refractivity contribution in [3.05, 3.63) is 91.0 Å². The Hall–Kier alpha value is -0.970. The number of benzene rings is 3. The van der Waals surface area contributed by atoms with Crippen LogP contribution < -0.4 is 29.6 Å². The smallest absolute Gasteiger partial charge is 1.00 e. The predicted octanol–water partition coefficient (Wildman–Crippen LogP) is 2.67.